The monoisotopic (exact) mass is 324 g/mol. The molecule has 0 aliphatic rings. The first-order valence-electron chi connectivity index (χ1n) is 8.12. The standard InChI is InChI=1S/C21H14N3O/c25-21-23(17-9-2-1-3-10-17)14-16-8-6-7-15-13-19(24(21)20(15)16)18-11-4-5-12-22-18/h1-14H/q+1. The van der Waals surface area contributed by atoms with Crippen LogP contribution >= 0.6 is 0 Å². The van der Waals surface area contributed by atoms with Gasteiger partial charge < -0.3 is 0 Å². The lowest BCUT2D eigenvalue weighted by atomic mass is 10.2. The van der Waals surface area contributed by atoms with Gasteiger partial charge in [-0.1, -0.05) is 36.4 Å². The highest BCUT2D eigenvalue weighted by atomic mass is 16.1. The van der Waals surface area contributed by atoms with E-state index in [1.807, 2.05) is 79.0 Å². The van der Waals surface area contributed by atoms with Gasteiger partial charge in [0.2, 0.25) is 0 Å². The van der Waals surface area contributed by atoms with Gasteiger partial charge in [0.1, 0.15) is 17.6 Å². The molecule has 0 radical (unpaired) electrons. The van der Waals surface area contributed by atoms with Crippen LogP contribution in [0.1, 0.15) is 0 Å². The second kappa shape index (κ2) is 5.24. The van der Waals surface area contributed by atoms with Gasteiger partial charge in [-0.25, -0.2) is 0 Å². The molecule has 2 aromatic carbocycles. The van der Waals surface area contributed by atoms with Crippen molar-refractivity contribution in [3.05, 3.63) is 95.7 Å². The highest BCUT2D eigenvalue weighted by Gasteiger charge is 2.23. The van der Waals surface area contributed by atoms with Crippen LogP contribution in [0, 0.1) is 0 Å². The van der Waals surface area contributed by atoms with Crippen LogP contribution in [0.4, 0.5) is 0 Å². The third-order valence-corrected chi connectivity index (χ3v) is 4.48. The molecule has 0 atom stereocenters. The summed E-state index contributed by atoms with van der Waals surface area (Å²) in [6.45, 7) is 0. The second-order valence-electron chi connectivity index (χ2n) is 5.98. The van der Waals surface area contributed by atoms with Crippen molar-refractivity contribution in [3.63, 3.8) is 0 Å². The van der Waals surface area contributed by atoms with Crippen LogP contribution in [0.2, 0.25) is 0 Å². The molecular formula is C21H14N3O+. The molecule has 3 aromatic heterocycles. The number of hydrogen-bond acceptors (Lipinski definition) is 2. The molecule has 25 heavy (non-hydrogen) atoms. The van der Waals surface area contributed by atoms with E-state index in [2.05, 4.69) is 4.98 Å². The maximum Gasteiger partial charge on any atom is 0.508 e. The molecule has 0 amide bonds. The van der Waals surface area contributed by atoms with Gasteiger partial charge in [-0.3, -0.25) is 4.98 Å². The van der Waals surface area contributed by atoms with Crippen LogP contribution < -0.4 is 10.3 Å². The van der Waals surface area contributed by atoms with Crippen molar-refractivity contribution in [2.45, 2.75) is 0 Å². The van der Waals surface area contributed by atoms with Crippen LogP contribution in [0.25, 0.3) is 33.4 Å². The Hall–Kier alpha value is -3.53. The zero-order valence-corrected chi connectivity index (χ0v) is 13.3. The molecule has 4 nitrogen and oxygen atoms in total. The number of para-hydroxylation sites is 2. The Bertz CT molecular complexity index is 1240. The van der Waals surface area contributed by atoms with E-state index in [1.54, 1.807) is 15.2 Å². The summed E-state index contributed by atoms with van der Waals surface area (Å²) in [4.78, 5) is 17.7. The first-order chi connectivity index (χ1) is 12.3. The van der Waals surface area contributed by atoms with Gasteiger partial charge in [-0.2, -0.15) is 13.8 Å². The maximum atomic E-state index is 13.3. The molecule has 0 aliphatic carbocycles. The minimum absolute atomic E-state index is 0.0967. The lowest BCUT2D eigenvalue weighted by Gasteiger charge is -2.02. The summed E-state index contributed by atoms with van der Waals surface area (Å²) in [5, 5.41) is 2.05. The van der Waals surface area contributed by atoms with Gasteiger partial charge >= 0.3 is 5.69 Å². The normalized spacial score (nSPS) is 11.4. The summed E-state index contributed by atoms with van der Waals surface area (Å²) in [6, 6.07) is 23.5. The minimum atomic E-state index is -0.0967. The maximum absolute atomic E-state index is 13.3. The van der Waals surface area contributed by atoms with Gasteiger partial charge in [0.25, 0.3) is 0 Å². The number of pyridine rings is 1. The molecule has 4 heteroatoms. The predicted molar refractivity (Wildman–Crippen MR) is 97.1 cm³/mol. The van der Waals surface area contributed by atoms with E-state index in [1.165, 1.54) is 0 Å². The van der Waals surface area contributed by atoms with Gasteiger partial charge in [0, 0.05) is 11.6 Å². The quantitative estimate of drug-likeness (QED) is 0.468. The Kier molecular flexibility index (Phi) is 2.91. The Labute approximate surface area is 143 Å². The number of nitrogens with zero attached hydrogens (tertiary/aromatic N) is 3. The molecule has 0 aliphatic heterocycles. The molecule has 3 heterocycles. The molecule has 0 spiro atoms. The van der Waals surface area contributed by atoms with E-state index in [9.17, 15) is 4.79 Å². The molecule has 0 fully saturated rings. The Morgan fingerprint density at radius 3 is 2.44 bits per heavy atom. The Morgan fingerprint density at radius 1 is 0.840 bits per heavy atom. The fourth-order valence-electron chi connectivity index (χ4n) is 3.37. The van der Waals surface area contributed by atoms with Gasteiger partial charge in [-0.05, 0) is 36.4 Å². The Balaban J connectivity index is 1.95. The minimum Gasteiger partial charge on any atom is -0.252 e. The lowest BCUT2D eigenvalue weighted by molar-refractivity contribution is -0.614. The van der Waals surface area contributed by atoms with Crippen LogP contribution in [0.3, 0.4) is 0 Å². The topological polar surface area (TPSA) is 38.3 Å². The SMILES string of the molecule is O=c1n2c(-c3ccccn3)cc3cccc(c[n+]1-c1ccccc1)c32. The predicted octanol–water partition coefficient (Wildman–Crippen LogP) is 3.23. The molecule has 0 unspecified atom stereocenters. The third-order valence-electron chi connectivity index (χ3n) is 4.48. The van der Waals surface area contributed by atoms with Crippen molar-refractivity contribution < 1.29 is 4.57 Å². The largest absolute Gasteiger partial charge is 0.508 e. The van der Waals surface area contributed by atoms with Crippen molar-refractivity contribution in [2.24, 2.45) is 0 Å². The summed E-state index contributed by atoms with van der Waals surface area (Å²) in [6.07, 6.45) is 3.65. The van der Waals surface area contributed by atoms with Crippen molar-refractivity contribution in [1.82, 2.24) is 9.38 Å². The van der Waals surface area contributed by atoms with E-state index in [0.29, 0.717) is 0 Å². The van der Waals surface area contributed by atoms with Crippen molar-refractivity contribution in [1.29, 1.82) is 0 Å². The van der Waals surface area contributed by atoms with E-state index in [-0.39, 0.29) is 5.69 Å². The zero-order valence-electron chi connectivity index (χ0n) is 13.3. The second-order valence-corrected chi connectivity index (χ2v) is 5.98. The van der Waals surface area contributed by atoms with E-state index in [4.69, 9.17) is 0 Å². The number of hydrogen-bond donors (Lipinski definition) is 0. The average Bonchev–Trinajstić information content (AvgIpc) is 3.07. The highest BCUT2D eigenvalue weighted by Crippen LogP contribution is 2.27. The summed E-state index contributed by atoms with van der Waals surface area (Å²) in [5.74, 6) is 0. The molecule has 0 bridgehead atoms. The van der Waals surface area contributed by atoms with Crippen LogP contribution in [0.15, 0.2) is 90.0 Å². The van der Waals surface area contributed by atoms with E-state index < -0.39 is 0 Å². The third kappa shape index (κ3) is 2.04. The lowest BCUT2D eigenvalue weighted by Crippen LogP contribution is -2.50. The number of rotatable bonds is 2. The van der Waals surface area contributed by atoms with Crippen molar-refractivity contribution >= 4 is 16.3 Å². The van der Waals surface area contributed by atoms with Gasteiger partial charge in [0.05, 0.1) is 5.39 Å². The fourth-order valence-corrected chi connectivity index (χ4v) is 3.37. The van der Waals surface area contributed by atoms with Crippen LogP contribution in [-0.2, 0) is 0 Å². The van der Waals surface area contributed by atoms with Crippen molar-refractivity contribution in [2.75, 3.05) is 0 Å². The van der Waals surface area contributed by atoms with E-state index >= 15 is 0 Å². The van der Waals surface area contributed by atoms with Crippen LogP contribution in [0.5, 0.6) is 0 Å². The number of benzene rings is 2. The molecule has 118 valence electrons. The number of aromatic nitrogens is 3. The summed E-state index contributed by atoms with van der Waals surface area (Å²) < 4.78 is 3.45. The molecule has 5 rings (SSSR count). The first-order valence-corrected chi connectivity index (χ1v) is 8.12. The Morgan fingerprint density at radius 2 is 1.64 bits per heavy atom. The van der Waals surface area contributed by atoms with Gasteiger partial charge in [-0.15, -0.1) is 0 Å². The first kappa shape index (κ1) is 13.9. The molecule has 0 saturated carbocycles. The smallest absolute Gasteiger partial charge is 0.252 e. The molecule has 0 saturated heterocycles. The average molecular weight is 324 g/mol. The highest BCUT2D eigenvalue weighted by molar-refractivity contribution is 5.98. The summed E-state index contributed by atoms with van der Waals surface area (Å²) in [7, 11) is 0. The molecular weight excluding hydrogens is 310 g/mol. The van der Waals surface area contributed by atoms with Crippen LogP contribution in [-0.4, -0.2) is 9.38 Å². The van der Waals surface area contributed by atoms with E-state index in [0.717, 1.165) is 33.4 Å². The van der Waals surface area contributed by atoms with Crippen molar-refractivity contribution in [3.8, 4) is 17.1 Å². The molecule has 5 aromatic rings. The fraction of sp³-hybridized carbons (Fsp3) is 0. The molecule has 0 N–H and O–H groups in total. The summed E-state index contributed by atoms with van der Waals surface area (Å²) >= 11 is 0. The van der Waals surface area contributed by atoms with Gasteiger partial charge in [0.15, 0.2) is 11.2 Å². The zero-order chi connectivity index (χ0) is 16.8. The summed E-state index contributed by atoms with van der Waals surface area (Å²) in [5.41, 5.74) is 3.27.